The van der Waals surface area contributed by atoms with Crippen LogP contribution in [0.2, 0.25) is 0 Å². The van der Waals surface area contributed by atoms with Crippen molar-refractivity contribution in [1.29, 1.82) is 0 Å². The van der Waals surface area contributed by atoms with Crippen molar-refractivity contribution in [2.45, 2.75) is 13.5 Å². The van der Waals surface area contributed by atoms with Gasteiger partial charge in [-0.1, -0.05) is 19.1 Å². The minimum Gasteiger partial charge on any atom is -0.311 e. The number of nitro groups is 1. The van der Waals surface area contributed by atoms with Gasteiger partial charge in [-0.15, -0.1) is 0 Å². The van der Waals surface area contributed by atoms with E-state index in [2.05, 4.69) is 15.3 Å². The third-order valence-electron chi connectivity index (χ3n) is 2.71. The van der Waals surface area contributed by atoms with Gasteiger partial charge in [0.05, 0.1) is 16.2 Å². The maximum atomic E-state index is 11.6. The Hall–Kier alpha value is -2.54. The molecule has 20 heavy (non-hydrogen) atoms. The van der Waals surface area contributed by atoms with Gasteiger partial charge in [0, 0.05) is 18.7 Å². The van der Waals surface area contributed by atoms with Gasteiger partial charge in [-0.3, -0.25) is 14.9 Å². The van der Waals surface area contributed by atoms with Gasteiger partial charge in [0.25, 0.3) is 11.2 Å². The fourth-order valence-electron chi connectivity index (χ4n) is 1.81. The van der Waals surface area contributed by atoms with Crippen molar-refractivity contribution in [3.05, 3.63) is 56.5 Å². The second kappa shape index (κ2) is 6.07. The standard InChI is InChI=1S/C13H14N4O3/c1-2-14-8-9-7-12(18)16-13(15-9)10-5-3-4-6-11(10)17(19)20/h3-7,14H,2,8H2,1H3,(H,15,16,18). The van der Waals surface area contributed by atoms with Crippen LogP contribution in [-0.2, 0) is 6.54 Å². The monoisotopic (exact) mass is 274 g/mol. The van der Waals surface area contributed by atoms with Crippen LogP contribution in [0.3, 0.4) is 0 Å². The molecule has 0 saturated heterocycles. The fraction of sp³-hybridized carbons (Fsp3) is 0.231. The second-order valence-corrected chi connectivity index (χ2v) is 4.14. The maximum Gasteiger partial charge on any atom is 0.280 e. The highest BCUT2D eigenvalue weighted by Gasteiger charge is 2.16. The van der Waals surface area contributed by atoms with Crippen molar-refractivity contribution in [2.75, 3.05) is 6.54 Å². The minimum absolute atomic E-state index is 0.0868. The van der Waals surface area contributed by atoms with Crippen LogP contribution in [0.5, 0.6) is 0 Å². The van der Waals surface area contributed by atoms with Crippen molar-refractivity contribution in [3.63, 3.8) is 0 Å². The molecule has 0 saturated carbocycles. The van der Waals surface area contributed by atoms with Crippen LogP contribution >= 0.6 is 0 Å². The molecule has 0 radical (unpaired) electrons. The van der Waals surface area contributed by atoms with Gasteiger partial charge in [0.1, 0.15) is 5.82 Å². The molecule has 1 aromatic carbocycles. The highest BCUT2D eigenvalue weighted by atomic mass is 16.6. The van der Waals surface area contributed by atoms with Crippen LogP contribution in [0.4, 0.5) is 5.69 Å². The zero-order valence-corrected chi connectivity index (χ0v) is 10.9. The Morgan fingerprint density at radius 1 is 1.40 bits per heavy atom. The van der Waals surface area contributed by atoms with Crippen LogP contribution in [-0.4, -0.2) is 21.4 Å². The molecule has 2 rings (SSSR count). The number of hydrogen-bond acceptors (Lipinski definition) is 5. The van der Waals surface area contributed by atoms with E-state index in [0.29, 0.717) is 17.8 Å². The topological polar surface area (TPSA) is 101 Å². The molecule has 0 aliphatic heterocycles. The van der Waals surface area contributed by atoms with Gasteiger partial charge >= 0.3 is 0 Å². The first-order valence-corrected chi connectivity index (χ1v) is 6.16. The summed E-state index contributed by atoms with van der Waals surface area (Å²) in [5.41, 5.74) is 0.425. The van der Waals surface area contributed by atoms with Gasteiger partial charge in [-0.25, -0.2) is 4.98 Å². The molecule has 0 atom stereocenters. The van der Waals surface area contributed by atoms with Crippen molar-refractivity contribution in [1.82, 2.24) is 15.3 Å². The van der Waals surface area contributed by atoms with Crippen molar-refractivity contribution in [2.24, 2.45) is 0 Å². The molecule has 2 N–H and O–H groups in total. The normalized spacial score (nSPS) is 10.4. The van der Waals surface area contributed by atoms with Crippen LogP contribution in [0.1, 0.15) is 12.6 Å². The summed E-state index contributed by atoms with van der Waals surface area (Å²) in [4.78, 5) is 29.0. The number of para-hydroxylation sites is 1. The smallest absolute Gasteiger partial charge is 0.280 e. The Bertz CT molecular complexity index is 681. The fourth-order valence-corrected chi connectivity index (χ4v) is 1.81. The third-order valence-corrected chi connectivity index (χ3v) is 2.71. The van der Waals surface area contributed by atoms with Crippen LogP contribution < -0.4 is 10.9 Å². The number of aromatic amines is 1. The summed E-state index contributed by atoms with van der Waals surface area (Å²) in [7, 11) is 0. The predicted molar refractivity (Wildman–Crippen MR) is 74.3 cm³/mol. The SMILES string of the molecule is CCNCc1cc(=O)[nH]c(-c2ccccc2[N+](=O)[O-])n1. The molecule has 0 fully saturated rings. The van der Waals surface area contributed by atoms with Gasteiger partial charge in [-0.05, 0) is 12.6 Å². The molecule has 7 nitrogen and oxygen atoms in total. The molecule has 0 spiro atoms. The van der Waals surface area contributed by atoms with Crippen molar-refractivity contribution in [3.8, 4) is 11.4 Å². The lowest BCUT2D eigenvalue weighted by Crippen LogP contribution is -2.17. The predicted octanol–water partition coefficient (Wildman–Crippen LogP) is 1.45. The quantitative estimate of drug-likeness (QED) is 0.635. The summed E-state index contributed by atoms with van der Waals surface area (Å²) in [5.74, 6) is 0.206. The number of benzene rings is 1. The summed E-state index contributed by atoms with van der Waals surface area (Å²) >= 11 is 0. The average molecular weight is 274 g/mol. The Balaban J connectivity index is 2.50. The molecule has 0 amide bonds. The molecular formula is C13H14N4O3. The molecule has 2 aromatic rings. The van der Waals surface area contributed by atoms with E-state index in [4.69, 9.17) is 0 Å². The number of hydrogen-bond donors (Lipinski definition) is 2. The van der Waals surface area contributed by atoms with Crippen LogP contribution in [0.15, 0.2) is 35.1 Å². The number of aromatic nitrogens is 2. The highest BCUT2D eigenvalue weighted by Crippen LogP contribution is 2.25. The van der Waals surface area contributed by atoms with Crippen molar-refractivity contribution < 1.29 is 4.92 Å². The van der Waals surface area contributed by atoms with Crippen LogP contribution in [0, 0.1) is 10.1 Å². The lowest BCUT2D eigenvalue weighted by molar-refractivity contribution is -0.384. The Morgan fingerprint density at radius 2 is 2.15 bits per heavy atom. The first-order valence-electron chi connectivity index (χ1n) is 6.16. The molecule has 1 aromatic heterocycles. The maximum absolute atomic E-state index is 11.6. The zero-order chi connectivity index (χ0) is 14.5. The van der Waals surface area contributed by atoms with Gasteiger partial charge in [0.2, 0.25) is 0 Å². The average Bonchev–Trinajstić information content (AvgIpc) is 2.44. The number of nitrogens with one attached hydrogen (secondary N) is 2. The molecule has 104 valence electrons. The van der Waals surface area contributed by atoms with E-state index >= 15 is 0 Å². The summed E-state index contributed by atoms with van der Waals surface area (Å²) in [6.45, 7) is 3.12. The second-order valence-electron chi connectivity index (χ2n) is 4.14. The molecule has 0 unspecified atom stereocenters. The molecule has 7 heteroatoms. The molecule has 1 heterocycles. The third kappa shape index (κ3) is 3.07. The summed E-state index contributed by atoms with van der Waals surface area (Å²) in [5, 5.41) is 14.1. The van der Waals surface area contributed by atoms with E-state index in [1.807, 2.05) is 6.92 Å². The van der Waals surface area contributed by atoms with Gasteiger partial charge < -0.3 is 10.3 Å². The van der Waals surface area contributed by atoms with E-state index in [-0.39, 0.29) is 17.1 Å². The first-order chi connectivity index (χ1) is 9.61. The number of rotatable bonds is 5. The van der Waals surface area contributed by atoms with Crippen LogP contribution in [0.25, 0.3) is 11.4 Å². The Labute approximate surface area is 114 Å². The Kier molecular flexibility index (Phi) is 4.21. The lowest BCUT2D eigenvalue weighted by atomic mass is 10.1. The molecule has 0 aliphatic carbocycles. The summed E-state index contributed by atoms with van der Waals surface area (Å²) < 4.78 is 0. The minimum atomic E-state index is -0.494. The highest BCUT2D eigenvalue weighted by molar-refractivity contribution is 5.67. The molecular weight excluding hydrogens is 260 g/mol. The van der Waals surface area contributed by atoms with Gasteiger partial charge in [0.15, 0.2) is 0 Å². The Morgan fingerprint density at radius 3 is 2.85 bits per heavy atom. The van der Waals surface area contributed by atoms with E-state index < -0.39 is 4.92 Å². The number of H-pyrrole nitrogens is 1. The molecule has 0 bridgehead atoms. The van der Waals surface area contributed by atoms with E-state index in [9.17, 15) is 14.9 Å². The summed E-state index contributed by atoms with van der Waals surface area (Å²) in [6.07, 6.45) is 0. The van der Waals surface area contributed by atoms with Crippen molar-refractivity contribution >= 4 is 5.69 Å². The first kappa shape index (κ1) is 13.9. The van der Waals surface area contributed by atoms with E-state index in [0.717, 1.165) is 6.54 Å². The molecule has 0 aliphatic rings. The lowest BCUT2D eigenvalue weighted by Gasteiger charge is -2.05. The van der Waals surface area contributed by atoms with E-state index in [1.165, 1.54) is 12.1 Å². The van der Waals surface area contributed by atoms with E-state index in [1.54, 1.807) is 18.2 Å². The number of nitrogens with zero attached hydrogens (tertiary/aromatic N) is 2. The zero-order valence-electron chi connectivity index (χ0n) is 10.9. The number of nitro benzene ring substituents is 1. The largest absolute Gasteiger partial charge is 0.311 e. The summed E-state index contributed by atoms with van der Waals surface area (Å²) in [6, 6.07) is 7.56. The van der Waals surface area contributed by atoms with Gasteiger partial charge in [-0.2, -0.15) is 0 Å².